The van der Waals surface area contributed by atoms with Gasteiger partial charge >= 0.3 is 5.97 Å². The summed E-state index contributed by atoms with van der Waals surface area (Å²) in [6, 6.07) is 7.54. The van der Waals surface area contributed by atoms with Crippen LogP contribution in [0.2, 0.25) is 0 Å². The maximum Gasteiger partial charge on any atom is 0.349 e. The van der Waals surface area contributed by atoms with E-state index in [1.165, 1.54) is 11.3 Å². The molecule has 1 aromatic carbocycles. The molecule has 0 saturated carbocycles. The van der Waals surface area contributed by atoms with Gasteiger partial charge in [-0.3, -0.25) is 0 Å². The lowest BCUT2D eigenvalue weighted by Crippen LogP contribution is -1.98. The van der Waals surface area contributed by atoms with Gasteiger partial charge in [0.15, 0.2) is 10.6 Å². The fraction of sp³-hybridized carbons (Fsp3) is 0.182. The highest BCUT2D eigenvalue weighted by Crippen LogP contribution is 2.37. The number of fused-ring (bicyclic) bond motifs is 1. The van der Waals surface area contributed by atoms with Gasteiger partial charge in [0.25, 0.3) is 0 Å². The maximum atomic E-state index is 11.0. The Balaban J connectivity index is 2.68. The third kappa shape index (κ3) is 1.68. The Kier molecular flexibility index (Phi) is 2.60. The van der Waals surface area contributed by atoms with Gasteiger partial charge in [0.2, 0.25) is 0 Å². The predicted octanol–water partition coefficient (Wildman–Crippen LogP) is 3.00. The Bertz CT molecular complexity index is 502. The number of hydrogen-bond acceptors (Lipinski definition) is 3. The fourth-order valence-electron chi connectivity index (χ4n) is 1.45. The zero-order valence-electron chi connectivity index (χ0n) is 8.19. The third-order valence-corrected chi connectivity index (χ3v) is 3.17. The van der Waals surface area contributed by atoms with Gasteiger partial charge in [0.1, 0.15) is 0 Å². The highest BCUT2D eigenvalue weighted by atomic mass is 32.1. The molecule has 78 valence electrons. The highest BCUT2D eigenvalue weighted by Gasteiger charge is 2.18. The Morgan fingerprint density at radius 2 is 2.20 bits per heavy atom. The first-order valence-corrected chi connectivity index (χ1v) is 5.43. The van der Waals surface area contributed by atoms with Crippen LogP contribution in [0.15, 0.2) is 24.3 Å². The first kappa shape index (κ1) is 9.98. The molecule has 0 aliphatic heterocycles. The quantitative estimate of drug-likeness (QED) is 0.868. The molecule has 0 aliphatic carbocycles. The zero-order chi connectivity index (χ0) is 10.8. The number of carboxylic acid groups (broad SMARTS) is 1. The van der Waals surface area contributed by atoms with Gasteiger partial charge in [-0.15, -0.1) is 11.3 Å². The number of hydrogen-bond donors (Lipinski definition) is 1. The molecule has 1 heterocycles. The van der Waals surface area contributed by atoms with Crippen LogP contribution in [-0.2, 0) is 0 Å². The van der Waals surface area contributed by atoms with Crippen molar-refractivity contribution in [3.05, 3.63) is 29.1 Å². The molecular weight excluding hydrogens is 212 g/mol. The van der Waals surface area contributed by atoms with Crippen LogP contribution in [0.5, 0.6) is 5.75 Å². The van der Waals surface area contributed by atoms with Gasteiger partial charge in [-0.05, 0) is 19.1 Å². The molecule has 2 aromatic rings. The summed E-state index contributed by atoms with van der Waals surface area (Å²) in [6.45, 7) is 2.32. The van der Waals surface area contributed by atoms with Crippen LogP contribution in [0.1, 0.15) is 16.6 Å². The van der Waals surface area contributed by atoms with Crippen LogP contribution >= 0.6 is 11.3 Å². The first-order valence-electron chi connectivity index (χ1n) is 4.61. The first-order chi connectivity index (χ1) is 7.24. The van der Waals surface area contributed by atoms with Crippen molar-refractivity contribution in [2.24, 2.45) is 0 Å². The lowest BCUT2D eigenvalue weighted by Gasteiger charge is -2.01. The van der Waals surface area contributed by atoms with Gasteiger partial charge in [-0.2, -0.15) is 0 Å². The summed E-state index contributed by atoms with van der Waals surface area (Å²) in [5.74, 6) is -0.440. The molecule has 2 rings (SSSR count). The Morgan fingerprint density at radius 1 is 1.47 bits per heavy atom. The predicted molar refractivity (Wildman–Crippen MR) is 60.0 cm³/mol. The summed E-state index contributed by atoms with van der Waals surface area (Å²) in [5.41, 5.74) is 0. The highest BCUT2D eigenvalue weighted by molar-refractivity contribution is 7.21. The fourth-order valence-corrected chi connectivity index (χ4v) is 2.44. The second-order valence-electron chi connectivity index (χ2n) is 2.99. The molecule has 0 spiro atoms. The average molecular weight is 222 g/mol. The van der Waals surface area contributed by atoms with E-state index in [1.807, 2.05) is 31.2 Å². The summed E-state index contributed by atoms with van der Waals surface area (Å²) < 4.78 is 6.32. The number of aromatic carboxylic acids is 1. The standard InChI is InChI=1S/C11H10O3S/c1-2-14-9-7-5-3-4-6-8(7)15-10(9)11(12)13/h3-6H,2H2,1H3,(H,12,13). The van der Waals surface area contributed by atoms with E-state index in [-0.39, 0.29) is 4.88 Å². The van der Waals surface area contributed by atoms with Crippen molar-refractivity contribution in [3.8, 4) is 5.75 Å². The molecule has 0 radical (unpaired) electrons. The molecule has 15 heavy (non-hydrogen) atoms. The van der Waals surface area contributed by atoms with Gasteiger partial charge in [0, 0.05) is 10.1 Å². The molecular formula is C11H10O3S. The third-order valence-electron chi connectivity index (χ3n) is 2.03. The van der Waals surface area contributed by atoms with Gasteiger partial charge in [-0.1, -0.05) is 12.1 Å². The van der Waals surface area contributed by atoms with E-state index >= 15 is 0 Å². The number of rotatable bonds is 3. The number of benzene rings is 1. The van der Waals surface area contributed by atoms with Crippen molar-refractivity contribution in [3.63, 3.8) is 0 Å². The molecule has 0 atom stereocenters. The van der Waals surface area contributed by atoms with Crippen molar-refractivity contribution in [2.45, 2.75) is 6.92 Å². The maximum absolute atomic E-state index is 11.0. The monoisotopic (exact) mass is 222 g/mol. The van der Waals surface area contributed by atoms with Crippen molar-refractivity contribution in [1.29, 1.82) is 0 Å². The van der Waals surface area contributed by atoms with E-state index in [2.05, 4.69) is 0 Å². The summed E-state index contributed by atoms with van der Waals surface area (Å²) in [7, 11) is 0. The van der Waals surface area contributed by atoms with Crippen LogP contribution in [-0.4, -0.2) is 17.7 Å². The lowest BCUT2D eigenvalue weighted by atomic mass is 10.2. The molecule has 1 aromatic heterocycles. The van der Waals surface area contributed by atoms with E-state index in [0.29, 0.717) is 12.4 Å². The van der Waals surface area contributed by atoms with Crippen LogP contribution in [0.4, 0.5) is 0 Å². The van der Waals surface area contributed by atoms with Gasteiger partial charge < -0.3 is 9.84 Å². The molecule has 3 nitrogen and oxygen atoms in total. The van der Waals surface area contributed by atoms with E-state index in [9.17, 15) is 4.79 Å². The van der Waals surface area contributed by atoms with Gasteiger partial charge in [-0.25, -0.2) is 4.79 Å². The normalized spacial score (nSPS) is 10.5. The summed E-state index contributed by atoms with van der Waals surface area (Å²) in [6.07, 6.45) is 0. The number of thiophene rings is 1. The molecule has 1 N–H and O–H groups in total. The molecule has 0 bridgehead atoms. The molecule has 0 amide bonds. The minimum Gasteiger partial charge on any atom is -0.491 e. The number of carbonyl (C=O) groups is 1. The number of carboxylic acids is 1. The minimum atomic E-state index is -0.931. The topological polar surface area (TPSA) is 46.5 Å². The Labute approximate surface area is 90.9 Å². The summed E-state index contributed by atoms with van der Waals surface area (Å²) in [5, 5.41) is 9.90. The average Bonchev–Trinajstić information content (AvgIpc) is 2.58. The van der Waals surface area contributed by atoms with E-state index in [0.717, 1.165) is 10.1 Å². The van der Waals surface area contributed by atoms with Crippen LogP contribution in [0, 0.1) is 0 Å². The number of ether oxygens (including phenoxy) is 1. The van der Waals surface area contributed by atoms with Crippen molar-refractivity contribution < 1.29 is 14.6 Å². The smallest absolute Gasteiger partial charge is 0.349 e. The largest absolute Gasteiger partial charge is 0.491 e. The summed E-state index contributed by atoms with van der Waals surface area (Å²) >= 11 is 1.25. The SMILES string of the molecule is CCOc1c(C(=O)O)sc2ccccc12. The molecule has 0 unspecified atom stereocenters. The zero-order valence-corrected chi connectivity index (χ0v) is 9.00. The molecule has 0 aliphatic rings. The van der Waals surface area contributed by atoms with E-state index < -0.39 is 5.97 Å². The van der Waals surface area contributed by atoms with Crippen molar-refractivity contribution >= 4 is 27.4 Å². The van der Waals surface area contributed by atoms with Crippen LogP contribution in [0.25, 0.3) is 10.1 Å². The van der Waals surface area contributed by atoms with Crippen molar-refractivity contribution in [2.75, 3.05) is 6.61 Å². The van der Waals surface area contributed by atoms with E-state index in [1.54, 1.807) is 0 Å². The minimum absolute atomic E-state index is 0.276. The molecule has 4 heteroatoms. The molecule has 0 fully saturated rings. The van der Waals surface area contributed by atoms with Crippen molar-refractivity contribution in [1.82, 2.24) is 0 Å². The summed E-state index contributed by atoms with van der Waals surface area (Å²) in [4.78, 5) is 11.3. The second-order valence-corrected chi connectivity index (χ2v) is 4.05. The second kappa shape index (κ2) is 3.90. The van der Waals surface area contributed by atoms with Gasteiger partial charge in [0.05, 0.1) is 6.61 Å². The van der Waals surface area contributed by atoms with Crippen LogP contribution in [0.3, 0.4) is 0 Å². The lowest BCUT2D eigenvalue weighted by molar-refractivity contribution is 0.0698. The van der Waals surface area contributed by atoms with E-state index in [4.69, 9.17) is 9.84 Å². The molecule has 0 saturated heterocycles. The Morgan fingerprint density at radius 3 is 2.87 bits per heavy atom. The van der Waals surface area contributed by atoms with Crippen LogP contribution < -0.4 is 4.74 Å². The Hall–Kier alpha value is -1.55.